The van der Waals surface area contributed by atoms with Gasteiger partial charge in [0.2, 0.25) is 0 Å². The molecule has 4 heteroatoms. The van der Waals surface area contributed by atoms with E-state index in [2.05, 4.69) is 10.3 Å². The number of fused-ring (bicyclic) bond motifs is 1. The average Bonchev–Trinajstić information content (AvgIpc) is 2.26. The van der Waals surface area contributed by atoms with Crippen molar-refractivity contribution < 1.29 is 9.90 Å². The highest BCUT2D eigenvalue weighted by atomic mass is 16.4. The predicted molar refractivity (Wildman–Crippen MR) is 57.7 cm³/mol. The number of pyridine rings is 1. The molecule has 0 saturated heterocycles. The SMILES string of the molecule is O=C(O)C=Cc1cnc2c(c1)CCCN2. The van der Waals surface area contributed by atoms with E-state index in [-0.39, 0.29) is 0 Å². The van der Waals surface area contributed by atoms with E-state index >= 15 is 0 Å². The van der Waals surface area contributed by atoms with Gasteiger partial charge in [0.25, 0.3) is 0 Å². The molecule has 78 valence electrons. The minimum absolute atomic E-state index is 0.833. The summed E-state index contributed by atoms with van der Waals surface area (Å²) in [7, 11) is 0. The van der Waals surface area contributed by atoms with Crippen LogP contribution in [0.5, 0.6) is 0 Å². The number of rotatable bonds is 2. The van der Waals surface area contributed by atoms with Gasteiger partial charge in [-0.25, -0.2) is 9.78 Å². The van der Waals surface area contributed by atoms with Crippen LogP contribution in [0.4, 0.5) is 5.82 Å². The number of aliphatic carboxylic acids is 1. The fourth-order valence-electron chi connectivity index (χ4n) is 1.62. The van der Waals surface area contributed by atoms with Crippen molar-refractivity contribution in [3.05, 3.63) is 29.5 Å². The van der Waals surface area contributed by atoms with E-state index in [4.69, 9.17) is 5.11 Å². The number of carbonyl (C=O) groups is 1. The summed E-state index contributed by atoms with van der Waals surface area (Å²) in [5.74, 6) is -0.0143. The van der Waals surface area contributed by atoms with Crippen molar-refractivity contribution in [2.75, 3.05) is 11.9 Å². The Morgan fingerprint density at radius 3 is 3.27 bits per heavy atom. The second-order valence-electron chi connectivity index (χ2n) is 3.48. The summed E-state index contributed by atoms with van der Waals surface area (Å²) in [4.78, 5) is 14.6. The molecular formula is C11H12N2O2. The first-order valence-electron chi connectivity index (χ1n) is 4.89. The Bertz CT molecular complexity index is 413. The van der Waals surface area contributed by atoms with Crippen LogP contribution < -0.4 is 5.32 Å². The van der Waals surface area contributed by atoms with E-state index in [0.717, 1.165) is 42.4 Å². The smallest absolute Gasteiger partial charge is 0.328 e. The Morgan fingerprint density at radius 1 is 1.60 bits per heavy atom. The second-order valence-corrected chi connectivity index (χ2v) is 3.48. The Morgan fingerprint density at radius 2 is 2.47 bits per heavy atom. The zero-order valence-electron chi connectivity index (χ0n) is 8.23. The molecule has 0 bridgehead atoms. The highest BCUT2D eigenvalue weighted by Gasteiger charge is 2.09. The molecule has 0 amide bonds. The number of carboxylic acids is 1. The van der Waals surface area contributed by atoms with Crippen molar-refractivity contribution in [1.29, 1.82) is 0 Å². The molecule has 2 rings (SSSR count). The molecule has 0 aliphatic carbocycles. The van der Waals surface area contributed by atoms with Gasteiger partial charge >= 0.3 is 5.97 Å². The van der Waals surface area contributed by atoms with E-state index in [9.17, 15) is 4.79 Å². The highest BCUT2D eigenvalue weighted by Crippen LogP contribution is 2.20. The Balaban J connectivity index is 2.24. The van der Waals surface area contributed by atoms with Gasteiger partial charge in [-0.1, -0.05) is 0 Å². The lowest BCUT2D eigenvalue weighted by Gasteiger charge is -2.16. The van der Waals surface area contributed by atoms with Crippen molar-refractivity contribution in [1.82, 2.24) is 4.98 Å². The van der Waals surface area contributed by atoms with E-state index in [1.54, 1.807) is 12.3 Å². The Kier molecular flexibility index (Phi) is 2.67. The molecular weight excluding hydrogens is 192 g/mol. The maximum atomic E-state index is 10.3. The molecule has 0 saturated carbocycles. The summed E-state index contributed by atoms with van der Waals surface area (Å²) in [5, 5.41) is 11.7. The van der Waals surface area contributed by atoms with Gasteiger partial charge in [-0.2, -0.15) is 0 Å². The molecule has 0 atom stereocenters. The van der Waals surface area contributed by atoms with E-state index < -0.39 is 5.97 Å². The van der Waals surface area contributed by atoms with Crippen molar-refractivity contribution in [2.24, 2.45) is 0 Å². The molecule has 0 spiro atoms. The van der Waals surface area contributed by atoms with Crippen LogP contribution in [0.1, 0.15) is 17.5 Å². The highest BCUT2D eigenvalue weighted by molar-refractivity contribution is 5.85. The monoisotopic (exact) mass is 204 g/mol. The summed E-state index contributed by atoms with van der Waals surface area (Å²) in [6.45, 7) is 0.963. The number of hydrogen-bond donors (Lipinski definition) is 2. The first-order chi connectivity index (χ1) is 7.25. The van der Waals surface area contributed by atoms with Crippen LogP contribution in [0.25, 0.3) is 6.08 Å². The van der Waals surface area contributed by atoms with Crippen molar-refractivity contribution in [3.63, 3.8) is 0 Å². The third kappa shape index (κ3) is 2.34. The minimum atomic E-state index is -0.939. The predicted octanol–water partition coefficient (Wildman–Crippen LogP) is 1.54. The average molecular weight is 204 g/mol. The molecule has 0 unspecified atom stereocenters. The van der Waals surface area contributed by atoms with Gasteiger partial charge < -0.3 is 10.4 Å². The van der Waals surface area contributed by atoms with Crippen LogP contribution in [0.15, 0.2) is 18.3 Å². The molecule has 1 aliphatic rings. The van der Waals surface area contributed by atoms with E-state index in [1.165, 1.54) is 0 Å². The first kappa shape index (κ1) is 9.71. The molecule has 0 fully saturated rings. The molecule has 1 aliphatic heterocycles. The first-order valence-corrected chi connectivity index (χ1v) is 4.89. The largest absolute Gasteiger partial charge is 0.478 e. The van der Waals surface area contributed by atoms with Gasteiger partial charge in [0.1, 0.15) is 5.82 Å². The van der Waals surface area contributed by atoms with Crippen LogP contribution in [0.2, 0.25) is 0 Å². The molecule has 0 aromatic carbocycles. The molecule has 1 aromatic rings. The lowest BCUT2D eigenvalue weighted by molar-refractivity contribution is -0.131. The number of aryl methyl sites for hydroxylation is 1. The number of aromatic nitrogens is 1. The Hall–Kier alpha value is -1.84. The third-order valence-corrected chi connectivity index (χ3v) is 2.32. The number of nitrogens with zero attached hydrogens (tertiary/aromatic N) is 1. The summed E-state index contributed by atoms with van der Waals surface area (Å²) < 4.78 is 0. The lowest BCUT2D eigenvalue weighted by atomic mass is 10.1. The zero-order chi connectivity index (χ0) is 10.7. The summed E-state index contributed by atoms with van der Waals surface area (Å²) in [6.07, 6.45) is 6.46. The quantitative estimate of drug-likeness (QED) is 0.717. The molecule has 1 aromatic heterocycles. The van der Waals surface area contributed by atoms with Gasteiger partial charge in [0.15, 0.2) is 0 Å². The van der Waals surface area contributed by atoms with Gasteiger partial charge in [-0.15, -0.1) is 0 Å². The molecule has 15 heavy (non-hydrogen) atoms. The van der Waals surface area contributed by atoms with Crippen molar-refractivity contribution in [3.8, 4) is 0 Å². The molecule has 2 N–H and O–H groups in total. The van der Waals surface area contributed by atoms with Crippen LogP contribution in [0, 0.1) is 0 Å². The normalized spacial score (nSPS) is 14.7. The van der Waals surface area contributed by atoms with Crippen LogP contribution >= 0.6 is 0 Å². The van der Waals surface area contributed by atoms with Crippen molar-refractivity contribution >= 4 is 17.9 Å². The number of nitrogens with one attached hydrogen (secondary N) is 1. The summed E-state index contributed by atoms with van der Waals surface area (Å²) >= 11 is 0. The molecule has 0 radical (unpaired) electrons. The minimum Gasteiger partial charge on any atom is -0.478 e. The molecule has 4 nitrogen and oxygen atoms in total. The van der Waals surface area contributed by atoms with Crippen molar-refractivity contribution in [2.45, 2.75) is 12.8 Å². The fraction of sp³-hybridized carbons (Fsp3) is 0.273. The Labute approximate surface area is 87.7 Å². The molecule has 2 heterocycles. The summed E-state index contributed by atoms with van der Waals surface area (Å²) in [6, 6.07) is 1.98. The topological polar surface area (TPSA) is 62.2 Å². The second kappa shape index (κ2) is 4.13. The van der Waals surface area contributed by atoms with Crippen LogP contribution in [-0.4, -0.2) is 22.6 Å². The van der Waals surface area contributed by atoms with Gasteiger partial charge in [0, 0.05) is 18.8 Å². The standard InChI is InChI=1S/C11H12N2O2/c14-10(15)4-3-8-6-9-2-1-5-12-11(9)13-7-8/h3-4,6-7H,1-2,5H2,(H,12,13)(H,14,15). The zero-order valence-corrected chi connectivity index (χ0v) is 8.23. The fourth-order valence-corrected chi connectivity index (χ4v) is 1.62. The van der Waals surface area contributed by atoms with Gasteiger partial charge in [-0.3, -0.25) is 0 Å². The van der Waals surface area contributed by atoms with E-state index in [1.807, 2.05) is 6.07 Å². The van der Waals surface area contributed by atoms with E-state index in [0.29, 0.717) is 0 Å². The number of anilines is 1. The van der Waals surface area contributed by atoms with Gasteiger partial charge in [-0.05, 0) is 36.1 Å². The number of carboxylic acid groups (broad SMARTS) is 1. The maximum absolute atomic E-state index is 10.3. The maximum Gasteiger partial charge on any atom is 0.328 e. The van der Waals surface area contributed by atoms with Crippen LogP contribution in [0.3, 0.4) is 0 Å². The third-order valence-electron chi connectivity index (χ3n) is 2.32. The van der Waals surface area contributed by atoms with Crippen LogP contribution in [-0.2, 0) is 11.2 Å². The number of hydrogen-bond acceptors (Lipinski definition) is 3. The van der Waals surface area contributed by atoms with Gasteiger partial charge in [0.05, 0.1) is 0 Å². The lowest BCUT2D eigenvalue weighted by Crippen LogP contribution is -2.13. The summed E-state index contributed by atoms with van der Waals surface area (Å²) in [5.41, 5.74) is 1.99.